The van der Waals surface area contributed by atoms with E-state index in [4.69, 9.17) is 11.6 Å². The predicted octanol–water partition coefficient (Wildman–Crippen LogP) is 4.46. The number of rotatable bonds is 7. The Labute approximate surface area is 123 Å². The molecule has 3 heteroatoms. The van der Waals surface area contributed by atoms with E-state index in [2.05, 4.69) is 20.8 Å². The zero-order chi connectivity index (χ0) is 14.3. The minimum atomic E-state index is 0.253. The van der Waals surface area contributed by atoms with Gasteiger partial charge in [-0.1, -0.05) is 26.2 Å². The second-order valence-corrected chi connectivity index (χ2v) is 6.55. The van der Waals surface area contributed by atoms with Gasteiger partial charge in [0.15, 0.2) is 0 Å². The summed E-state index contributed by atoms with van der Waals surface area (Å²) in [7, 11) is 0. The van der Waals surface area contributed by atoms with E-state index in [1.54, 1.807) is 0 Å². The van der Waals surface area contributed by atoms with Crippen molar-refractivity contribution in [3.63, 3.8) is 0 Å². The van der Waals surface area contributed by atoms with Crippen molar-refractivity contribution in [1.29, 1.82) is 0 Å². The molecule has 0 aromatic heterocycles. The summed E-state index contributed by atoms with van der Waals surface area (Å²) in [5.74, 6) is 1.99. The van der Waals surface area contributed by atoms with Crippen molar-refractivity contribution in [3.05, 3.63) is 0 Å². The third-order valence-electron chi connectivity index (χ3n) is 4.39. The van der Waals surface area contributed by atoms with Gasteiger partial charge in [0.2, 0.25) is 5.91 Å². The lowest BCUT2D eigenvalue weighted by Crippen LogP contribution is -2.43. The molecule has 0 radical (unpaired) electrons. The van der Waals surface area contributed by atoms with Gasteiger partial charge in [-0.2, -0.15) is 0 Å². The van der Waals surface area contributed by atoms with Gasteiger partial charge in [0.05, 0.1) is 0 Å². The fourth-order valence-corrected chi connectivity index (χ4v) is 3.32. The predicted molar refractivity (Wildman–Crippen MR) is 82.5 cm³/mol. The van der Waals surface area contributed by atoms with E-state index >= 15 is 0 Å². The summed E-state index contributed by atoms with van der Waals surface area (Å²) in [6.45, 7) is 7.10. The first-order chi connectivity index (χ1) is 9.10. The standard InChI is InChI=1S/C16H30ClNO/c1-4-5-6-14-7-9-15(10-8-14)16(19)18(12-11-17)13(2)3/h13-15H,4-12H2,1-3H3. The van der Waals surface area contributed by atoms with Crippen LogP contribution in [-0.4, -0.2) is 29.3 Å². The van der Waals surface area contributed by atoms with Crippen molar-refractivity contribution in [2.75, 3.05) is 12.4 Å². The molecule has 2 nitrogen and oxygen atoms in total. The van der Waals surface area contributed by atoms with Gasteiger partial charge < -0.3 is 4.90 Å². The minimum absolute atomic E-state index is 0.253. The molecular formula is C16H30ClNO. The van der Waals surface area contributed by atoms with E-state index in [1.165, 1.54) is 32.1 Å². The minimum Gasteiger partial charge on any atom is -0.339 e. The lowest BCUT2D eigenvalue weighted by atomic mass is 9.79. The molecular weight excluding hydrogens is 258 g/mol. The van der Waals surface area contributed by atoms with Gasteiger partial charge in [-0.25, -0.2) is 0 Å². The van der Waals surface area contributed by atoms with Crippen LogP contribution >= 0.6 is 11.6 Å². The summed E-state index contributed by atoms with van der Waals surface area (Å²) in [5.41, 5.74) is 0. The van der Waals surface area contributed by atoms with Gasteiger partial charge >= 0.3 is 0 Å². The van der Waals surface area contributed by atoms with Gasteiger partial charge in [0.1, 0.15) is 0 Å². The summed E-state index contributed by atoms with van der Waals surface area (Å²) < 4.78 is 0. The quantitative estimate of drug-likeness (QED) is 0.633. The molecule has 0 aromatic carbocycles. The number of carbonyl (C=O) groups excluding carboxylic acids is 1. The maximum Gasteiger partial charge on any atom is 0.225 e. The molecule has 0 heterocycles. The molecule has 0 saturated heterocycles. The molecule has 1 aliphatic carbocycles. The second-order valence-electron chi connectivity index (χ2n) is 6.17. The first kappa shape index (κ1) is 16.8. The van der Waals surface area contributed by atoms with E-state index in [9.17, 15) is 4.79 Å². The Balaban J connectivity index is 2.42. The maximum absolute atomic E-state index is 12.5. The monoisotopic (exact) mass is 287 g/mol. The highest BCUT2D eigenvalue weighted by atomic mass is 35.5. The third kappa shape index (κ3) is 5.33. The highest BCUT2D eigenvalue weighted by Gasteiger charge is 2.29. The van der Waals surface area contributed by atoms with Crippen molar-refractivity contribution in [3.8, 4) is 0 Å². The Kier molecular flexibility index (Phi) is 7.82. The summed E-state index contributed by atoms with van der Waals surface area (Å²) in [4.78, 5) is 14.5. The molecule has 0 bridgehead atoms. The number of alkyl halides is 1. The smallest absolute Gasteiger partial charge is 0.225 e. The van der Waals surface area contributed by atoms with E-state index in [-0.39, 0.29) is 12.0 Å². The van der Waals surface area contributed by atoms with Crippen molar-refractivity contribution >= 4 is 17.5 Å². The first-order valence-electron chi connectivity index (χ1n) is 7.96. The van der Waals surface area contributed by atoms with Crippen LogP contribution in [0.25, 0.3) is 0 Å². The van der Waals surface area contributed by atoms with E-state index < -0.39 is 0 Å². The average molecular weight is 288 g/mol. The van der Waals surface area contributed by atoms with Crippen molar-refractivity contribution in [2.45, 2.75) is 71.8 Å². The van der Waals surface area contributed by atoms with Crippen LogP contribution in [0, 0.1) is 11.8 Å². The van der Waals surface area contributed by atoms with Crippen LogP contribution in [0.2, 0.25) is 0 Å². The van der Waals surface area contributed by atoms with Crippen LogP contribution < -0.4 is 0 Å². The molecule has 0 aliphatic heterocycles. The molecule has 1 rings (SSSR count). The molecule has 112 valence electrons. The Morgan fingerprint density at radius 2 is 1.89 bits per heavy atom. The van der Waals surface area contributed by atoms with Gasteiger partial charge in [-0.05, 0) is 45.4 Å². The Bertz CT molecular complexity index is 259. The Morgan fingerprint density at radius 3 is 2.37 bits per heavy atom. The summed E-state index contributed by atoms with van der Waals surface area (Å²) in [6, 6.07) is 0.268. The molecule has 0 N–H and O–H groups in total. The molecule has 0 aromatic rings. The number of amides is 1. The number of nitrogens with zero attached hydrogens (tertiary/aromatic N) is 1. The highest BCUT2D eigenvalue weighted by molar-refractivity contribution is 6.18. The molecule has 0 spiro atoms. The van der Waals surface area contributed by atoms with E-state index in [0.717, 1.165) is 18.8 Å². The number of halogens is 1. The third-order valence-corrected chi connectivity index (χ3v) is 4.56. The van der Waals surface area contributed by atoms with Crippen LogP contribution in [0.15, 0.2) is 0 Å². The largest absolute Gasteiger partial charge is 0.339 e. The molecule has 1 saturated carbocycles. The van der Waals surface area contributed by atoms with E-state index in [1.807, 2.05) is 4.90 Å². The van der Waals surface area contributed by atoms with Gasteiger partial charge in [0, 0.05) is 24.4 Å². The lowest BCUT2D eigenvalue weighted by molar-refractivity contribution is -0.138. The first-order valence-corrected chi connectivity index (χ1v) is 8.50. The zero-order valence-electron chi connectivity index (χ0n) is 12.8. The van der Waals surface area contributed by atoms with Crippen molar-refractivity contribution < 1.29 is 4.79 Å². The van der Waals surface area contributed by atoms with Crippen LogP contribution in [0.3, 0.4) is 0 Å². The zero-order valence-corrected chi connectivity index (χ0v) is 13.6. The van der Waals surface area contributed by atoms with Crippen LogP contribution in [0.1, 0.15) is 65.7 Å². The second kappa shape index (κ2) is 8.84. The number of unbranched alkanes of at least 4 members (excludes halogenated alkanes) is 1. The van der Waals surface area contributed by atoms with Gasteiger partial charge in [-0.3, -0.25) is 4.79 Å². The molecule has 0 unspecified atom stereocenters. The highest BCUT2D eigenvalue weighted by Crippen LogP contribution is 2.33. The van der Waals surface area contributed by atoms with Crippen LogP contribution in [0.5, 0.6) is 0 Å². The molecule has 19 heavy (non-hydrogen) atoms. The lowest BCUT2D eigenvalue weighted by Gasteiger charge is -2.34. The summed E-state index contributed by atoms with van der Waals surface area (Å²) in [5, 5.41) is 0. The van der Waals surface area contributed by atoms with Gasteiger partial charge in [-0.15, -0.1) is 11.6 Å². The van der Waals surface area contributed by atoms with Crippen molar-refractivity contribution in [2.24, 2.45) is 11.8 Å². The normalized spacial score (nSPS) is 23.6. The molecule has 0 atom stereocenters. The molecule has 1 amide bonds. The van der Waals surface area contributed by atoms with Crippen LogP contribution in [0.4, 0.5) is 0 Å². The fraction of sp³-hybridized carbons (Fsp3) is 0.938. The van der Waals surface area contributed by atoms with Gasteiger partial charge in [0.25, 0.3) is 0 Å². The molecule has 1 fully saturated rings. The van der Waals surface area contributed by atoms with Crippen LogP contribution in [-0.2, 0) is 4.79 Å². The number of hydrogen-bond acceptors (Lipinski definition) is 1. The maximum atomic E-state index is 12.5. The molecule has 1 aliphatic rings. The topological polar surface area (TPSA) is 20.3 Å². The Morgan fingerprint density at radius 1 is 1.26 bits per heavy atom. The number of hydrogen-bond donors (Lipinski definition) is 0. The number of carbonyl (C=O) groups is 1. The summed E-state index contributed by atoms with van der Waals surface area (Å²) in [6.07, 6.45) is 8.63. The fourth-order valence-electron chi connectivity index (χ4n) is 3.14. The average Bonchev–Trinajstić information content (AvgIpc) is 2.42. The van der Waals surface area contributed by atoms with Crippen molar-refractivity contribution in [1.82, 2.24) is 4.90 Å². The SMILES string of the molecule is CCCCC1CCC(C(=O)N(CCCl)C(C)C)CC1. The van der Waals surface area contributed by atoms with E-state index in [0.29, 0.717) is 18.3 Å². The Hall–Kier alpha value is -0.240. The summed E-state index contributed by atoms with van der Waals surface area (Å²) >= 11 is 5.81.